The van der Waals surface area contributed by atoms with Crippen molar-refractivity contribution in [3.05, 3.63) is 11.9 Å². The van der Waals surface area contributed by atoms with E-state index in [4.69, 9.17) is 9.84 Å². The van der Waals surface area contributed by atoms with Gasteiger partial charge in [-0.1, -0.05) is 5.21 Å². The van der Waals surface area contributed by atoms with E-state index in [9.17, 15) is 9.59 Å². The molecule has 1 aromatic heterocycles. The Bertz CT molecular complexity index is 564. The van der Waals surface area contributed by atoms with Crippen molar-refractivity contribution in [2.45, 2.75) is 64.6 Å². The number of carbonyl (C=O) groups excluding carboxylic acids is 1. The molecule has 1 unspecified atom stereocenters. The maximum Gasteiger partial charge on any atom is 0.410 e. The molecule has 1 N–H and O–H groups in total. The number of aromatic nitrogens is 3. The van der Waals surface area contributed by atoms with Crippen molar-refractivity contribution >= 4 is 12.1 Å². The molecule has 0 spiro atoms. The van der Waals surface area contributed by atoms with Crippen molar-refractivity contribution in [2.24, 2.45) is 0 Å². The van der Waals surface area contributed by atoms with Gasteiger partial charge in [0.1, 0.15) is 5.60 Å². The molecular formula is C15H24N4O4. The largest absolute Gasteiger partial charge is 0.476 e. The fourth-order valence-electron chi connectivity index (χ4n) is 2.65. The third kappa shape index (κ3) is 4.94. The number of piperidine rings is 1. The number of carbonyl (C=O) groups is 2. The molecule has 1 saturated heterocycles. The summed E-state index contributed by atoms with van der Waals surface area (Å²) in [7, 11) is 0. The number of hydrogen-bond acceptors (Lipinski definition) is 5. The second kappa shape index (κ2) is 6.97. The van der Waals surface area contributed by atoms with E-state index in [1.165, 1.54) is 10.9 Å². The topological polar surface area (TPSA) is 97.5 Å². The summed E-state index contributed by atoms with van der Waals surface area (Å²) in [5.74, 6) is -1.09. The van der Waals surface area contributed by atoms with Gasteiger partial charge in [-0.25, -0.2) is 9.59 Å². The van der Waals surface area contributed by atoms with Gasteiger partial charge in [0.2, 0.25) is 0 Å². The number of amides is 1. The minimum Gasteiger partial charge on any atom is -0.476 e. The molecule has 128 valence electrons. The molecule has 1 aromatic rings. The summed E-state index contributed by atoms with van der Waals surface area (Å²) in [4.78, 5) is 24.9. The molecule has 0 aromatic carbocycles. The summed E-state index contributed by atoms with van der Waals surface area (Å²) < 4.78 is 6.97. The van der Waals surface area contributed by atoms with E-state index in [1.54, 1.807) is 4.90 Å². The Balaban J connectivity index is 1.95. The van der Waals surface area contributed by atoms with Gasteiger partial charge in [-0.2, -0.15) is 0 Å². The molecule has 1 aliphatic rings. The highest BCUT2D eigenvalue weighted by Gasteiger charge is 2.30. The highest BCUT2D eigenvalue weighted by atomic mass is 16.6. The molecule has 1 fully saturated rings. The molecule has 2 heterocycles. The first-order valence-corrected chi connectivity index (χ1v) is 7.89. The Morgan fingerprint density at radius 1 is 1.39 bits per heavy atom. The van der Waals surface area contributed by atoms with Crippen molar-refractivity contribution in [1.29, 1.82) is 0 Å². The summed E-state index contributed by atoms with van der Waals surface area (Å²) in [5.41, 5.74) is -0.584. The second-order valence-corrected chi connectivity index (χ2v) is 6.78. The van der Waals surface area contributed by atoms with Gasteiger partial charge in [-0.3, -0.25) is 4.68 Å². The normalized spacial score (nSPS) is 18.7. The number of aromatic carboxylic acids is 1. The zero-order chi connectivity index (χ0) is 17.0. The fourth-order valence-corrected chi connectivity index (χ4v) is 2.65. The van der Waals surface area contributed by atoms with Crippen LogP contribution in [0.2, 0.25) is 0 Å². The highest BCUT2D eigenvalue weighted by molar-refractivity contribution is 5.84. The lowest BCUT2D eigenvalue weighted by molar-refractivity contribution is 0.00824. The van der Waals surface area contributed by atoms with Crippen LogP contribution in [0.15, 0.2) is 6.20 Å². The average molecular weight is 324 g/mol. The number of carboxylic acid groups (broad SMARTS) is 1. The summed E-state index contributed by atoms with van der Waals surface area (Å²) >= 11 is 0. The first-order valence-electron chi connectivity index (χ1n) is 7.89. The number of hydrogen-bond donors (Lipinski definition) is 1. The van der Waals surface area contributed by atoms with Gasteiger partial charge < -0.3 is 14.7 Å². The van der Waals surface area contributed by atoms with Crippen LogP contribution < -0.4 is 0 Å². The molecule has 0 bridgehead atoms. The lowest BCUT2D eigenvalue weighted by Gasteiger charge is -2.36. The lowest BCUT2D eigenvalue weighted by Crippen LogP contribution is -2.46. The van der Waals surface area contributed by atoms with Gasteiger partial charge in [0.05, 0.1) is 6.20 Å². The lowest BCUT2D eigenvalue weighted by atomic mass is 10.00. The maximum atomic E-state index is 12.3. The van der Waals surface area contributed by atoms with E-state index in [0.29, 0.717) is 19.5 Å². The zero-order valence-corrected chi connectivity index (χ0v) is 13.9. The summed E-state index contributed by atoms with van der Waals surface area (Å²) in [5, 5.41) is 16.2. The van der Waals surface area contributed by atoms with Crippen molar-refractivity contribution in [1.82, 2.24) is 19.9 Å². The standard InChI is InChI=1S/C15H24N4O4/c1-15(2,3)23-14(22)19-8-5-4-6-11(19)7-9-18-10-12(13(20)21)16-17-18/h10-11H,4-9H2,1-3H3,(H,20,21). The molecule has 1 aliphatic heterocycles. The number of carboxylic acids is 1. The van der Waals surface area contributed by atoms with Gasteiger partial charge >= 0.3 is 12.1 Å². The highest BCUT2D eigenvalue weighted by Crippen LogP contribution is 2.22. The first-order chi connectivity index (χ1) is 10.8. The van der Waals surface area contributed by atoms with Crippen molar-refractivity contribution < 1.29 is 19.4 Å². The molecule has 8 nitrogen and oxygen atoms in total. The van der Waals surface area contributed by atoms with Gasteiger partial charge in [0.15, 0.2) is 5.69 Å². The molecule has 23 heavy (non-hydrogen) atoms. The smallest absolute Gasteiger partial charge is 0.410 e. The molecule has 0 aliphatic carbocycles. The monoisotopic (exact) mass is 324 g/mol. The van der Waals surface area contributed by atoms with E-state index >= 15 is 0 Å². The predicted octanol–water partition coefficient (Wildman–Crippen LogP) is 2.16. The molecule has 1 amide bonds. The van der Waals surface area contributed by atoms with Crippen LogP contribution in [0, 0.1) is 0 Å². The maximum absolute atomic E-state index is 12.3. The minimum atomic E-state index is -1.09. The quantitative estimate of drug-likeness (QED) is 0.911. The first kappa shape index (κ1) is 17.2. The SMILES string of the molecule is CC(C)(C)OC(=O)N1CCCCC1CCn1cc(C(=O)O)nn1. The van der Waals surface area contributed by atoms with Crippen molar-refractivity contribution in [3.8, 4) is 0 Å². The third-order valence-corrected chi connectivity index (χ3v) is 3.70. The van der Waals surface area contributed by atoms with Crippen LogP contribution in [0.4, 0.5) is 4.79 Å². The Labute approximate surface area is 135 Å². The summed E-state index contributed by atoms with van der Waals surface area (Å²) in [6, 6.07) is 0.0797. The van der Waals surface area contributed by atoms with Gasteiger partial charge in [0, 0.05) is 19.1 Å². The van der Waals surface area contributed by atoms with Crippen LogP contribution in [-0.2, 0) is 11.3 Å². The molecule has 2 rings (SSSR count). The van der Waals surface area contributed by atoms with Crippen LogP contribution in [0.25, 0.3) is 0 Å². The number of nitrogens with zero attached hydrogens (tertiary/aromatic N) is 4. The molecule has 0 saturated carbocycles. The Kier molecular flexibility index (Phi) is 5.23. The average Bonchev–Trinajstić information content (AvgIpc) is 2.92. The Morgan fingerprint density at radius 2 is 2.13 bits per heavy atom. The third-order valence-electron chi connectivity index (χ3n) is 3.70. The van der Waals surface area contributed by atoms with Crippen molar-refractivity contribution in [2.75, 3.05) is 6.54 Å². The van der Waals surface area contributed by atoms with Crippen LogP contribution >= 0.6 is 0 Å². The van der Waals surface area contributed by atoms with Gasteiger partial charge in [-0.15, -0.1) is 5.10 Å². The minimum absolute atomic E-state index is 0.0716. The zero-order valence-electron chi connectivity index (χ0n) is 13.9. The van der Waals surface area contributed by atoms with Crippen molar-refractivity contribution in [3.63, 3.8) is 0 Å². The van der Waals surface area contributed by atoms with Gasteiger partial charge in [-0.05, 0) is 46.5 Å². The molecular weight excluding hydrogens is 300 g/mol. The van der Waals surface area contributed by atoms with Gasteiger partial charge in [0.25, 0.3) is 0 Å². The fraction of sp³-hybridized carbons (Fsp3) is 0.733. The van der Waals surface area contributed by atoms with E-state index in [-0.39, 0.29) is 17.8 Å². The predicted molar refractivity (Wildman–Crippen MR) is 82.2 cm³/mol. The second-order valence-electron chi connectivity index (χ2n) is 6.78. The molecule has 0 radical (unpaired) electrons. The molecule has 8 heteroatoms. The van der Waals surface area contributed by atoms with E-state index in [1.807, 2.05) is 20.8 Å². The number of likely N-dealkylation sites (tertiary alicyclic amines) is 1. The number of rotatable bonds is 4. The summed E-state index contributed by atoms with van der Waals surface area (Å²) in [6.45, 7) is 6.77. The van der Waals surface area contributed by atoms with Crippen LogP contribution in [-0.4, -0.2) is 55.3 Å². The van der Waals surface area contributed by atoms with Crippen LogP contribution in [0.1, 0.15) is 56.9 Å². The summed E-state index contributed by atoms with van der Waals surface area (Å²) in [6.07, 6.45) is 4.78. The Hall–Kier alpha value is -2.12. The number of aryl methyl sites for hydroxylation is 1. The van der Waals surface area contributed by atoms with E-state index in [0.717, 1.165) is 19.3 Å². The van der Waals surface area contributed by atoms with E-state index in [2.05, 4.69) is 10.3 Å². The van der Waals surface area contributed by atoms with Crippen LogP contribution in [0.5, 0.6) is 0 Å². The molecule has 1 atom stereocenters. The Morgan fingerprint density at radius 3 is 2.74 bits per heavy atom. The van der Waals surface area contributed by atoms with Crippen LogP contribution in [0.3, 0.4) is 0 Å². The van der Waals surface area contributed by atoms with E-state index < -0.39 is 11.6 Å². The number of ether oxygens (including phenoxy) is 1.